The summed E-state index contributed by atoms with van der Waals surface area (Å²) in [4.78, 5) is 14.2. The van der Waals surface area contributed by atoms with Crippen molar-refractivity contribution in [2.24, 2.45) is 0 Å². The van der Waals surface area contributed by atoms with Crippen molar-refractivity contribution < 1.29 is 23.1 Å². The standard InChI is InChI=1S/C9H11F3N2O2S/c10-9(11,12)2-1-4-14-5-3-13-8(14)17-6-7(15)16/h3,5H,1-2,4,6H2,(H,15,16). The maximum Gasteiger partial charge on any atom is 0.389 e. The number of aromatic nitrogens is 2. The highest BCUT2D eigenvalue weighted by Crippen LogP contribution is 2.23. The molecule has 0 aliphatic rings. The Hall–Kier alpha value is -1.18. The number of aliphatic carboxylic acids is 1. The van der Waals surface area contributed by atoms with E-state index >= 15 is 0 Å². The first-order valence-corrected chi connectivity index (χ1v) is 5.79. The first kappa shape index (κ1) is 13.9. The van der Waals surface area contributed by atoms with Crippen LogP contribution in [0.1, 0.15) is 12.8 Å². The molecule has 0 aromatic carbocycles. The van der Waals surface area contributed by atoms with E-state index in [9.17, 15) is 18.0 Å². The molecule has 4 nitrogen and oxygen atoms in total. The van der Waals surface area contributed by atoms with Crippen molar-refractivity contribution in [3.63, 3.8) is 0 Å². The van der Waals surface area contributed by atoms with Gasteiger partial charge >= 0.3 is 12.1 Å². The first-order chi connectivity index (χ1) is 7.88. The Kier molecular flexibility index (Phi) is 4.86. The normalized spacial score (nSPS) is 11.7. The van der Waals surface area contributed by atoms with Crippen LogP contribution in [-0.4, -0.2) is 32.6 Å². The van der Waals surface area contributed by atoms with Crippen molar-refractivity contribution in [1.29, 1.82) is 0 Å². The molecule has 0 unspecified atom stereocenters. The Balaban J connectivity index is 2.43. The third-order valence-corrected chi connectivity index (χ3v) is 2.85. The third kappa shape index (κ3) is 5.62. The lowest BCUT2D eigenvalue weighted by Gasteiger charge is -2.08. The molecule has 0 radical (unpaired) electrons. The van der Waals surface area contributed by atoms with E-state index in [1.807, 2.05) is 0 Å². The molecule has 0 fully saturated rings. The minimum absolute atomic E-state index is 0.0412. The fraction of sp³-hybridized carbons (Fsp3) is 0.556. The molecule has 0 atom stereocenters. The summed E-state index contributed by atoms with van der Waals surface area (Å²) in [5, 5.41) is 8.90. The second kappa shape index (κ2) is 5.95. The van der Waals surface area contributed by atoms with Crippen LogP contribution in [0.25, 0.3) is 0 Å². The summed E-state index contributed by atoms with van der Waals surface area (Å²) in [7, 11) is 0. The van der Waals surface area contributed by atoms with Gasteiger partial charge in [-0.3, -0.25) is 4.79 Å². The Labute approximate surface area is 99.8 Å². The number of alkyl halides is 3. The van der Waals surface area contributed by atoms with E-state index in [2.05, 4.69) is 4.98 Å². The van der Waals surface area contributed by atoms with Crippen LogP contribution in [0.15, 0.2) is 17.6 Å². The molecule has 1 rings (SSSR count). The average molecular weight is 268 g/mol. The van der Waals surface area contributed by atoms with Crippen molar-refractivity contribution >= 4 is 17.7 Å². The number of nitrogens with zero attached hydrogens (tertiary/aromatic N) is 2. The number of hydrogen-bond donors (Lipinski definition) is 1. The van der Waals surface area contributed by atoms with Crippen LogP contribution in [0.2, 0.25) is 0 Å². The molecule has 96 valence electrons. The minimum atomic E-state index is -4.16. The Morgan fingerprint density at radius 3 is 2.82 bits per heavy atom. The first-order valence-electron chi connectivity index (χ1n) is 4.81. The number of halogens is 3. The highest BCUT2D eigenvalue weighted by Gasteiger charge is 2.26. The third-order valence-electron chi connectivity index (χ3n) is 1.86. The van der Waals surface area contributed by atoms with E-state index in [-0.39, 0.29) is 18.7 Å². The molecule has 1 aromatic heterocycles. The molecule has 1 heterocycles. The molecule has 0 saturated carbocycles. The molecule has 0 saturated heterocycles. The van der Waals surface area contributed by atoms with E-state index in [1.54, 1.807) is 6.20 Å². The van der Waals surface area contributed by atoms with Gasteiger partial charge in [0.2, 0.25) is 0 Å². The summed E-state index contributed by atoms with van der Waals surface area (Å²) < 4.78 is 37.3. The minimum Gasteiger partial charge on any atom is -0.481 e. The highest BCUT2D eigenvalue weighted by molar-refractivity contribution is 7.99. The molecule has 1 aromatic rings. The van der Waals surface area contributed by atoms with Crippen LogP contribution in [0, 0.1) is 0 Å². The molecule has 0 amide bonds. The Morgan fingerprint density at radius 1 is 1.53 bits per heavy atom. The maximum atomic E-state index is 11.9. The topological polar surface area (TPSA) is 55.1 Å². The molecule has 0 bridgehead atoms. The fourth-order valence-electron chi connectivity index (χ4n) is 1.18. The predicted molar refractivity (Wildman–Crippen MR) is 55.9 cm³/mol. The zero-order chi connectivity index (χ0) is 12.9. The lowest BCUT2D eigenvalue weighted by Crippen LogP contribution is -2.09. The van der Waals surface area contributed by atoms with Crippen molar-refractivity contribution in [3.05, 3.63) is 12.4 Å². The van der Waals surface area contributed by atoms with Gasteiger partial charge < -0.3 is 9.67 Å². The molecule has 0 spiro atoms. The summed E-state index contributed by atoms with van der Waals surface area (Å²) in [6.07, 6.45) is -2.07. The maximum absolute atomic E-state index is 11.9. The Morgan fingerprint density at radius 2 is 2.24 bits per heavy atom. The average Bonchev–Trinajstić information content (AvgIpc) is 2.60. The van der Waals surface area contributed by atoms with Gasteiger partial charge in [-0.05, 0) is 6.42 Å². The summed E-state index contributed by atoms with van der Waals surface area (Å²) in [5.74, 6) is -1.14. The van der Waals surface area contributed by atoms with Gasteiger partial charge in [0.25, 0.3) is 0 Å². The zero-order valence-corrected chi connectivity index (χ0v) is 9.59. The summed E-state index contributed by atoms with van der Waals surface area (Å²) in [5.41, 5.74) is 0. The Bertz CT molecular complexity index is 379. The largest absolute Gasteiger partial charge is 0.481 e. The van der Waals surface area contributed by atoms with Gasteiger partial charge in [-0.2, -0.15) is 13.2 Å². The zero-order valence-electron chi connectivity index (χ0n) is 8.78. The number of carbonyl (C=O) groups is 1. The van der Waals surface area contributed by atoms with Crippen LogP contribution in [-0.2, 0) is 11.3 Å². The lowest BCUT2D eigenvalue weighted by atomic mass is 10.3. The number of rotatable bonds is 6. The van der Waals surface area contributed by atoms with Gasteiger partial charge in [0, 0.05) is 25.4 Å². The van der Waals surface area contributed by atoms with Crippen LogP contribution >= 0.6 is 11.8 Å². The second-order valence-corrected chi connectivity index (χ2v) is 4.25. The number of thioether (sulfide) groups is 1. The summed E-state index contributed by atoms with van der Waals surface area (Å²) in [6.45, 7) is 0.182. The number of aryl methyl sites for hydroxylation is 1. The number of imidazole rings is 1. The van der Waals surface area contributed by atoms with Gasteiger partial charge in [-0.15, -0.1) is 0 Å². The van der Waals surface area contributed by atoms with Gasteiger partial charge in [0.15, 0.2) is 5.16 Å². The number of carboxylic acid groups (broad SMARTS) is 1. The monoisotopic (exact) mass is 268 g/mol. The highest BCUT2D eigenvalue weighted by atomic mass is 32.2. The SMILES string of the molecule is O=C(O)CSc1nccn1CCCC(F)(F)F. The van der Waals surface area contributed by atoms with Crippen LogP contribution < -0.4 is 0 Å². The van der Waals surface area contributed by atoms with E-state index < -0.39 is 18.6 Å². The van der Waals surface area contributed by atoms with Crippen molar-refractivity contribution in [1.82, 2.24) is 9.55 Å². The van der Waals surface area contributed by atoms with Crippen molar-refractivity contribution in [2.45, 2.75) is 30.7 Å². The molecule has 8 heteroatoms. The van der Waals surface area contributed by atoms with Crippen LogP contribution in [0.3, 0.4) is 0 Å². The van der Waals surface area contributed by atoms with Gasteiger partial charge in [0.1, 0.15) is 0 Å². The fourth-order valence-corrected chi connectivity index (χ4v) is 1.89. The van der Waals surface area contributed by atoms with Gasteiger partial charge in [0.05, 0.1) is 5.75 Å². The van der Waals surface area contributed by atoms with Crippen LogP contribution in [0.5, 0.6) is 0 Å². The smallest absolute Gasteiger partial charge is 0.389 e. The van der Waals surface area contributed by atoms with E-state index in [0.29, 0.717) is 5.16 Å². The molecule has 17 heavy (non-hydrogen) atoms. The number of hydrogen-bond acceptors (Lipinski definition) is 3. The van der Waals surface area contributed by atoms with Crippen molar-refractivity contribution in [3.8, 4) is 0 Å². The quantitative estimate of drug-likeness (QED) is 0.805. The summed E-state index contributed by atoms with van der Waals surface area (Å²) >= 11 is 0.991. The predicted octanol–water partition coefficient (Wildman–Crippen LogP) is 2.40. The summed E-state index contributed by atoms with van der Waals surface area (Å²) in [6, 6.07) is 0. The lowest BCUT2D eigenvalue weighted by molar-refractivity contribution is -0.136. The molecular weight excluding hydrogens is 257 g/mol. The number of carboxylic acids is 1. The van der Waals surface area contributed by atoms with Gasteiger partial charge in [-0.25, -0.2) is 4.98 Å². The molecular formula is C9H11F3N2O2S. The van der Waals surface area contributed by atoms with E-state index in [0.717, 1.165) is 11.8 Å². The van der Waals surface area contributed by atoms with Crippen molar-refractivity contribution in [2.75, 3.05) is 5.75 Å². The second-order valence-electron chi connectivity index (χ2n) is 3.30. The molecule has 1 N–H and O–H groups in total. The van der Waals surface area contributed by atoms with Crippen LogP contribution in [0.4, 0.5) is 13.2 Å². The molecule has 0 aliphatic heterocycles. The van der Waals surface area contributed by atoms with Gasteiger partial charge in [-0.1, -0.05) is 11.8 Å². The van der Waals surface area contributed by atoms with E-state index in [4.69, 9.17) is 5.11 Å². The van der Waals surface area contributed by atoms with E-state index in [1.165, 1.54) is 10.8 Å². The molecule has 0 aliphatic carbocycles.